The van der Waals surface area contributed by atoms with Crippen molar-refractivity contribution in [2.75, 3.05) is 29.9 Å². The van der Waals surface area contributed by atoms with E-state index in [1.54, 1.807) is 6.07 Å². The van der Waals surface area contributed by atoms with Gasteiger partial charge in [-0.1, -0.05) is 77.8 Å². The molecule has 4 aromatic carbocycles. The number of likely N-dealkylation sites (tertiary alicyclic amines) is 1. The van der Waals surface area contributed by atoms with E-state index in [9.17, 15) is 4.79 Å². The SMILES string of the molecule is Cc1ccc2c(c1)C1(CCN(Cc3ccc4ccccc4c3)CC1)CN2C(=O)Nc1ccccc1Cl. The molecule has 2 aliphatic heterocycles. The lowest BCUT2D eigenvalue weighted by Crippen LogP contribution is -2.46. The number of nitrogens with zero attached hydrogens (tertiary/aromatic N) is 2. The molecule has 0 unspecified atom stereocenters. The zero-order valence-corrected chi connectivity index (χ0v) is 21.3. The predicted octanol–water partition coefficient (Wildman–Crippen LogP) is 7.39. The first-order chi connectivity index (χ1) is 17.5. The monoisotopic (exact) mass is 495 g/mol. The first-order valence-electron chi connectivity index (χ1n) is 12.7. The predicted molar refractivity (Wildman–Crippen MR) is 149 cm³/mol. The Labute approximate surface area is 217 Å². The fourth-order valence-corrected chi connectivity index (χ4v) is 6.05. The highest BCUT2D eigenvalue weighted by Crippen LogP contribution is 2.47. The average molecular weight is 496 g/mol. The number of benzene rings is 4. The highest BCUT2D eigenvalue weighted by molar-refractivity contribution is 6.33. The van der Waals surface area contributed by atoms with Crippen molar-refractivity contribution < 1.29 is 4.79 Å². The molecule has 4 nitrogen and oxygen atoms in total. The third-order valence-electron chi connectivity index (χ3n) is 7.87. The van der Waals surface area contributed by atoms with E-state index in [1.807, 2.05) is 23.1 Å². The van der Waals surface area contributed by atoms with Gasteiger partial charge in [-0.15, -0.1) is 0 Å². The normalized spacial score (nSPS) is 16.9. The number of piperidine rings is 1. The summed E-state index contributed by atoms with van der Waals surface area (Å²) >= 11 is 6.31. The highest BCUT2D eigenvalue weighted by atomic mass is 35.5. The van der Waals surface area contributed by atoms with Crippen LogP contribution in [0, 0.1) is 6.92 Å². The van der Waals surface area contributed by atoms with E-state index in [0.29, 0.717) is 17.3 Å². The largest absolute Gasteiger partial charge is 0.326 e. The van der Waals surface area contributed by atoms with Crippen LogP contribution in [-0.2, 0) is 12.0 Å². The van der Waals surface area contributed by atoms with Crippen LogP contribution in [0.25, 0.3) is 10.8 Å². The topological polar surface area (TPSA) is 35.6 Å². The van der Waals surface area contributed by atoms with Gasteiger partial charge >= 0.3 is 6.03 Å². The molecule has 2 aliphatic rings. The standard InChI is InChI=1S/C31H30ClN3O/c1-22-10-13-29-26(18-22)31(21-35(29)30(36)33-28-9-5-4-8-27(28)32)14-16-34(17-15-31)20-23-11-12-24-6-2-3-7-25(24)19-23/h2-13,18-19H,14-17,20-21H2,1H3,(H,33,36). The molecule has 0 atom stereocenters. The van der Waals surface area contributed by atoms with Gasteiger partial charge in [-0.25, -0.2) is 4.79 Å². The summed E-state index contributed by atoms with van der Waals surface area (Å²) in [4.78, 5) is 17.9. The molecular formula is C31H30ClN3O. The minimum Gasteiger partial charge on any atom is -0.306 e. The van der Waals surface area contributed by atoms with Crippen LogP contribution in [0.15, 0.2) is 84.9 Å². The molecule has 4 aromatic rings. The first kappa shape index (κ1) is 23.1. The average Bonchev–Trinajstić information content (AvgIpc) is 3.20. The summed E-state index contributed by atoms with van der Waals surface area (Å²) in [6.45, 7) is 5.82. The molecule has 1 spiro atoms. The van der Waals surface area contributed by atoms with Gasteiger partial charge in [-0.05, 0) is 79.0 Å². The third kappa shape index (κ3) is 4.25. The van der Waals surface area contributed by atoms with Gasteiger partial charge in [-0.2, -0.15) is 0 Å². The van der Waals surface area contributed by atoms with Crippen molar-refractivity contribution in [3.63, 3.8) is 0 Å². The number of carbonyl (C=O) groups excluding carboxylic acids is 1. The van der Waals surface area contributed by atoms with Gasteiger partial charge in [0, 0.05) is 24.2 Å². The smallest absolute Gasteiger partial charge is 0.306 e. The lowest BCUT2D eigenvalue weighted by molar-refractivity contribution is 0.160. The molecule has 182 valence electrons. The Bertz CT molecular complexity index is 1440. The van der Waals surface area contributed by atoms with E-state index in [1.165, 1.54) is 27.5 Å². The molecular weight excluding hydrogens is 466 g/mol. The number of fused-ring (bicyclic) bond motifs is 3. The van der Waals surface area contributed by atoms with Gasteiger partial charge in [0.1, 0.15) is 0 Å². The Morgan fingerprint density at radius 3 is 2.47 bits per heavy atom. The van der Waals surface area contributed by atoms with E-state index < -0.39 is 0 Å². The number of halogens is 1. The number of hydrogen-bond acceptors (Lipinski definition) is 2. The summed E-state index contributed by atoms with van der Waals surface area (Å²) in [5.41, 5.74) is 5.55. The van der Waals surface area contributed by atoms with Crippen LogP contribution in [0.2, 0.25) is 5.02 Å². The van der Waals surface area contributed by atoms with E-state index in [4.69, 9.17) is 11.6 Å². The third-order valence-corrected chi connectivity index (χ3v) is 8.20. The van der Waals surface area contributed by atoms with Gasteiger partial charge < -0.3 is 5.32 Å². The van der Waals surface area contributed by atoms with Gasteiger partial charge in [-0.3, -0.25) is 9.80 Å². The number of rotatable bonds is 3. The van der Waals surface area contributed by atoms with Crippen LogP contribution in [0.5, 0.6) is 0 Å². The van der Waals surface area contributed by atoms with E-state index in [0.717, 1.165) is 38.2 Å². The summed E-state index contributed by atoms with van der Waals surface area (Å²) in [5, 5.41) is 6.16. The molecule has 1 N–H and O–H groups in total. The van der Waals surface area contributed by atoms with Crippen molar-refractivity contribution in [3.8, 4) is 0 Å². The number of anilines is 2. The molecule has 0 radical (unpaired) electrons. The van der Waals surface area contributed by atoms with Gasteiger partial charge in [0.15, 0.2) is 0 Å². The Morgan fingerprint density at radius 2 is 1.67 bits per heavy atom. The number of nitrogens with one attached hydrogen (secondary N) is 1. The van der Waals surface area contributed by atoms with Crippen molar-refractivity contribution in [3.05, 3.63) is 107 Å². The Balaban J connectivity index is 1.20. The lowest BCUT2D eigenvalue weighted by atomic mass is 9.74. The molecule has 2 amide bonds. The summed E-state index contributed by atoms with van der Waals surface area (Å²) < 4.78 is 0. The van der Waals surface area contributed by atoms with Crippen LogP contribution < -0.4 is 10.2 Å². The molecule has 1 saturated heterocycles. The second-order valence-corrected chi connectivity index (χ2v) is 10.7. The Hall–Kier alpha value is -3.34. The second kappa shape index (κ2) is 9.27. The van der Waals surface area contributed by atoms with Crippen LogP contribution in [0.4, 0.5) is 16.2 Å². The molecule has 0 aromatic heterocycles. The van der Waals surface area contributed by atoms with Crippen LogP contribution in [-0.4, -0.2) is 30.6 Å². The second-order valence-electron chi connectivity index (χ2n) is 10.3. The molecule has 0 bridgehead atoms. The number of para-hydroxylation sites is 1. The summed E-state index contributed by atoms with van der Waals surface area (Å²) in [7, 11) is 0. The Kier molecular flexibility index (Phi) is 5.94. The number of urea groups is 1. The maximum absolute atomic E-state index is 13.4. The molecule has 6 rings (SSSR count). The fraction of sp³-hybridized carbons (Fsp3) is 0.258. The number of hydrogen-bond donors (Lipinski definition) is 1. The molecule has 36 heavy (non-hydrogen) atoms. The minimum atomic E-state index is -0.122. The van der Waals surface area contributed by atoms with Gasteiger partial charge in [0.05, 0.1) is 10.7 Å². The molecule has 0 aliphatic carbocycles. The van der Waals surface area contributed by atoms with Gasteiger partial charge in [0.25, 0.3) is 0 Å². The summed E-state index contributed by atoms with van der Waals surface area (Å²) in [6, 6.07) is 29.1. The Morgan fingerprint density at radius 1 is 0.917 bits per heavy atom. The van der Waals surface area contributed by atoms with E-state index >= 15 is 0 Å². The van der Waals surface area contributed by atoms with E-state index in [2.05, 4.69) is 77.8 Å². The number of aryl methyl sites for hydroxylation is 1. The maximum Gasteiger partial charge on any atom is 0.326 e. The molecule has 2 heterocycles. The first-order valence-corrected chi connectivity index (χ1v) is 13.0. The molecule has 5 heteroatoms. The lowest BCUT2D eigenvalue weighted by Gasteiger charge is -2.40. The van der Waals surface area contributed by atoms with Crippen molar-refractivity contribution in [2.24, 2.45) is 0 Å². The zero-order valence-electron chi connectivity index (χ0n) is 20.5. The molecule has 0 saturated carbocycles. The van der Waals surface area contributed by atoms with Crippen LogP contribution in [0.1, 0.15) is 29.5 Å². The summed E-state index contributed by atoms with van der Waals surface area (Å²) in [5.74, 6) is 0. The molecule has 1 fully saturated rings. The quantitative estimate of drug-likeness (QED) is 0.321. The van der Waals surface area contributed by atoms with Gasteiger partial charge in [0.2, 0.25) is 0 Å². The maximum atomic E-state index is 13.4. The van der Waals surface area contributed by atoms with E-state index in [-0.39, 0.29) is 11.4 Å². The van der Waals surface area contributed by atoms with Crippen LogP contribution >= 0.6 is 11.6 Å². The minimum absolute atomic E-state index is 0.0148. The number of carbonyl (C=O) groups is 1. The van der Waals surface area contributed by atoms with Crippen molar-refractivity contribution in [1.82, 2.24) is 4.90 Å². The van der Waals surface area contributed by atoms with Crippen molar-refractivity contribution >= 4 is 39.8 Å². The highest BCUT2D eigenvalue weighted by Gasteiger charge is 2.46. The zero-order chi connectivity index (χ0) is 24.7. The van der Waals surface area contributed by atoms with Crippen molar-refractivity contribution in [1.29, 1.82) is 0 Å². The van der Waals surface area contributed by atoms with Crippen LogP contribution in [0.3, 0.4) is 0 Å². The fourth-order valence-electron chi connectivity index (χ4n) is 5.87. The number of amides is 2. The summed E-state index contributed by atoms with van der Waals surface area (Å²) in [6.07, 6.45) is 2.07. The van der Waals surface area contributed by atoms with Crippen molar-refractivity contribution in [2.45, 2.75) is 31.7 Å².